The second kappa shape index (κ2) is 12.8. The minimum absolute atomic E-state index is 0.807. The molecule has 0 aliphatic heterocycles. The molecule has 1 radical (unpaired) electrons. The molecule has 0 aliphatic carbocycles. The van der Waals surface area contributed by atoms with Gasteiger partial charge in [0.05, 0.1) is 0 Å². The first-order valence-electron chi connectivity index (χ1n) is 6.29. The van der Waals surface area contributed by atoms with E-state index in [1.165, 1.54) is 50.0 Å². The van der Waals surface area contributed by atoms with Crippen LogP contribution in [0.1, 0.15) is 52.4 Å². The van der Waals surface area contributed by atoms with Gasteiger partial charge in [0.1, 0.15) is 0 Å². The molecule has 15 heavy (non-hydrogen) atoms. The van der Waals surface area contributed by atoms with E-state index in [1.54, 1.807) is 0 Å². The fraction of sp³-hybridized carbons (Fsp3) is 0.923. The van der Waals surface area contributed by atoms with Gasteiger partial charge in [-0.15, -0.1) is 0 Å². The molecule has 0 aliphatic rings. The Morgan fingerprint density at radius 2 is 1.80 bits per heavy atom. The van der Waals surface area contributed by atoms with Crippen LogP contribution in [0.25, 0.3) is 0 Å². The number of hydrogen-bond acceptors (Lipinski definition) is 2. The summed E-state index contributed by atoms with van der Waals surface area (Å²) in [4.78, 5) is 0. The van der Waals surface area contributed by atoms with Gasteiger partial charge in [0.15, 0.2) is 0 Å². The lowest BCUT2D eigenvalue weighted by molar-refractivity contribution is 0.654. The summed E-state index contributed by atoms with van der Waals surface area (Å²) in [5.74, 6) is 2.59. The fourth-order valence-electron chi connectivity index (χ4n) is 1.61. The van der Waals surface area contributed by atoms with Crippen LogP contribution in [0, 0.1) is 6.42 Å². The molecule has 0 bridgehead atoms. The predicted octanol–water partition coefficient (Wildman–Crippen LogP) is 5.04. The molecule has 1 unspecified atom stereocenters. The van der Waals surface area contributed by atoms with Crippen molar-refractivity contribution >= 4 is 23.5 Å². The topological polar surface area (TPSA) is 0 Å². The average molecular weight is 247 g/mol. The molecule has 0 nitrogen and oxygen atoms in total. The van der Waals surface area contributed by atoms with Crippen molar-refractivity contribution in [3.05, 3.63) is 6.42 Å². The molecule has 0 N–H and O–H groups in total. The van der Waals surface area contributed by atoms with Crippen molar-refractivity contribution in [3.8, 4) is 0 Å². The third-order valence-corrected chi connectivity index (χ3v) is 4.50. The lowest BCUT2D eigenvalue weighted by atomic mass is 10.1. The van der Waals surface area contributed by atoms with Crippen LogP contribution in [0.15, 0.2) is 0 Å². The minimum atomic E-state index is 0.807. The molecular weight excluding hydrogens is 220 g/mol. The first-order chi connectivity index (χ1) is 7.35. The van der Waals surface area contributed by atoms with Crippen molar-refractivity contribution in [2.45, 2.75) is 57.6 Å². The molecule has 0 aromatic heterocycles. The summed E-state index contributed by atoms with van der Waals surface area (Å²) in [6, 6.07) is 0. The smallest absolute Gasteiger partial charge is 0.00756 e. The summed E-state index contributed by atoms with van der Waals surface area (Å²) < 4.78 is 0. The highest BCUT2D eigenvalue weighted by molar-refractivity contribution is 8.00. The lowest BCUT2D eigenvalue weighted by Crippen LogP contribution is -2.02. The van der Waals surface area contributed by atoms with E-state index >= 15 is 0 Å². The third-order valence-electron chi connectivity index (χ3n) is 2.52. The van der Waals surface area contributed by atoms with E-state index in [1.807, 2.05) is 11.8 Å². The van der Waals surface area contributed by atoms with Crippen LogP contribution < -0.4 is 0 Å². The first kappa shape index (κ1) is 15.7. The Balaban J connectivity index is 3.14. The molecule has 91 valence electrons. The van der Waals surface area contributed by atoms with Gasteiger partial charge in [0, 0.05) is 5.25 Å². The summed E-state index contributed by atoms with van der Waals surface area (Å²) >= 11 is 4.06. The number of unbranched alkanes of at least 4 members (excludes halogenated alkanes) is 4. The van der Waals surface area contributed by atoms with Crippen LogP contribution in [-0.4, -0.2) is 23.0 Å². The van der Waals surface area contributed by atoms with Gasteiger partial charge >= 0.3 is 0 Å². The Hall–Kier alpha value is 0.700. The summed E-state index contributed by atoms with van der Waals surface area (Å²) in [6.45, 7) is 4.55. The highest BCUT2D eigenvalue weighted by Crippen LogP contribution is 2.20. The van der Waals surface area contributed by atoms with Crippen molar-refractivity contribution in [2.24, 2.45) is 0 Å². The van der Waals surface area contributed by atoms with Gasteiger partial charge in [0.25, 0.3) is 0 Å². The van der Waals surface area contributed by atoms with Crippen LogP contribution >= 0.6 is 23.5 Å². The van der Waals surface area contributed by atoms with Crippen LogP contribution in [0.5, 0.6) is 0 Å². The van der Waals surface area contributed by atoms with Gasteiger partial charge in [-0.2, -0.15) is 23.5 Å². The second-order valence-corrected chi connectivity index (χ2v) is 6.34. The van der Waals surface area contributed by atoms with E-state index in [0.29, 0.717) is 0 Å². The van der Waals surface area contributed by atoms with Crippen LogP contribution in [0.3, 0.4) is 0 Å². The molecular formula is C13H27S2. The van der Waals surface area contributed by atoms with E-state index in [4.69, 9.17) is 0 Å². The zero-order valence-corrected chi connectivity index (χ0v) is 12.3. The van der Waals surface area contributed by atoms with E-state index in [-0.39, 0.29) is 0 Å². The molecule has 0 aromatic carbocycles. The van der Waals surface area contributed by atoms with Gasteiger partial charge < -0.3 is 0 Å². The van der Waals surface area contributed by atoms with Gasteiger partial charge in [-0.05, 0) is 43.4 Å². The monoisotopic (exact) mass is 247 g/mol. The van der Waals surface area contributed by atoms with Gasteiger partial charge in [-0.3, -0.25) is 0 Å². The fourth-order valence-corrected chi connectivity index (χ4v) is 3.04. The molecule has 0 rings (SSSR count). The largest absolute Gasteiger partial charge is 0.165 e. The van der Waals surface area contributed by atoms with Crippen molar-refractivity contribution in [1.29, 1.82) is 0 Å². The van der Waals surface area contributed by atoms with Crippen molar-refractivity contribution in [1.82, 2.24) is 0 Å². The van der Waals surface area contributed by atoms with E-state index in [9.17, 15) is 0 Å². The second-order valence-electron chi connectivity index (χ2n) is 3.83. The molecule has 0 aromatic rings. The highest BCUT2D eigenvalue weighted by atomic mass is 32.2. The van der Waals surface area contributed by atoms with Gasteiger partial charge in [-0.1, -0.05) is 33.1 Å². The first-order valence-corrected chi connectivity index (χ1v) is 8.73. The van der Waals surface area contributed by atoms with Gasteiger partial charge in [0.2, 0.25) is 0 Å². The zero-order valence-electron chi connectivity index (χ0n) is 10.6. The maximum atomic E-state index is 2.53. The standard InChI is InChI=1S/C13H27S2/c1-4-13(15-5-2)11-9-7-6-8-10-12-14-3/h11,13H,4-10,12H2,1-3H3. The van der Waals surface area contributed by atoms with E-state index < -0.39 is 0 Å². The summed E-state index contributed by atoms with van der Waals surface area (Å²) in [5.41, 5.74) is 0. The number of rotatable bonds is 11. The Bertz CT molecular complexity index is 115. The molecule has 0 saturated carbocycles. The van der Waals surface area contributed by atoms with Crippen molar-refractivity contribution < 1.29 is 0 Å². The summed E-state index contributed by atoms with van der Waals surface area (Å²) in [7, 11) is 0. The average Bonchev–Trinajstić information content (AvgIpc) is 2.26. The van der Waals surface area contributed by atoms with Crippen molar-refractivity contribution in [2.75, 3.05) is 17.8 Å². The van der Waals surface area contributed by atoms with E-state index in [0.717, 1.165) is 5.25 Å². The van der Waals surface area contributed by atoms with Crippen LogP contribution in [0.2, 0.25) is 0 Å². The number of hydrogen-bond donors (Lipinski definition) is 0. The molecule has 1 atom stereocenters. The highest BCUT2D eigenvalue weighted by Gasteiger charge is 2.04. The van der Waals surface area contributed by atoms with Crippen LogP contribution in [0.4, 0.5) is 0 Å². The normalized spacial score (nSPS) is 13.0. The molecule has 0 amide bonds. The molecule has 2 heteroatoms. The minimum Gasteiger partial charge on any atom is -0.165 e. The van der Waals surface area contributed by atoms with Gasteiger partial charge in [-0.25, -0.2) is 0 Å². The molecule has 0 fully saturated rings. The maximum absolute atomic E-state index is 2.53. The summed E-state index contributed by atoms with van der Waals surface area (Å²) in [5, 5.41) is 0.807. The van der Waals surface area contributed by atoms with E-state index in [2.05, 4.69) is 38.3 Å². The Kier molecular flexibility index (Phi) is 13.4. The quantitative estimate of drug-likeness (QED) is 0.469. The molecule has 0 heterocycles. The molecule has 0 saturated heterocycles. The molecule has 0 spiro atoms. The Labute approximate surface area is 105 Å². The SMILES string of the molecule is CCSC([CH]CCCCCCSC)CC. The Morgan fingerprint density at radius 1 is 1.07 bits per heavy atom. The lowest BCUT2D eigenvalue weighted by Gasteiger charge is -2.12. The Morgan fingerprint density at radius 3 is 2.40 bits per heavy atom. The summed E-state index contributed by atoms with van der Waals surface area (Å²) in [6.07, 6.45) is 13.0. The van der Waals surface area contributed by atoms with Crippen LogP contribution in [-0.2, 0) is 0 Å². The zero-order chi connectivity index (χ0) is 11.4. The predicted molar refractivity (Wildman–Crippen MR) is 78.0 cm³/mol. The maximum Gasteiger partial charge on any atom is 0.00756 e. The van der Waals surface area contributed by atoms with Crippen molar-refractivity contribution in [3.63, 3.8) is 0 Å². The number of thioether (sulfide) groups is 2. The third kappa shape index (κ3) is 11.0.